The Hall–Kier alpha value is -3.35. The molecule has 0 bridgehead atoms. The molecule has 2 N–H and O–H groups in total. The summed E-state index contributed by atoms with van der Waals surface area (Å²) in [6.45, 7) is 4.57. The summed E-state index contributed by atoms with van der Waals surface area (Å²) in [4.78, 5) is 35.4. The summed E-state index contributed by atoms with van der Waals surface area (Å²) in [5, 5.41) is 5.67. The summed E-state index contributed by atoms with van der Waals surface area (Å²) in [5.74, 6) is 0.538. The minimum absolute atomic E-state index is 0.222. The van der Waals surface area contributed by atoms with Gasteiger partial charge in [0, 0.05) is 30.9 Å². The molecule has 1 fully saturated rings. The highest BCUT2D eigenvalue weighted by molar-refractivity contribution is 6.12. The number of para-hydroxylation sites is 1. The fourth-order valence-corrected chi connectivity index (χ4v) is 4.90. The fourth-order valence-electron chi connectivity index (χ4n) is 4.90. The molecule has 2 aromatic carbocycles. The molecule has 7 heteroatoms. The number of aliphatic imine (C=N–C) groups is 1. The number of benzene rings is 2. The highest BCUT2D eigenvalue weighted by atomic mass is 16.2. The first-order valence-corrected chi connectivity index (χ1v) is 12.3. The largest absolute Gasteiger partial charge is 0.356 e. The molecule has 2 aliphatic rings. The molecule has 0 spiro atoms. The van der Waals surface area contributed by atoms with Crippen LogP contribution in [-0.4, -0.2) is 48.5 Å². The van der Waals surface area contributed by atoms with Crippen molar-refractivity contribution in [2.75, 3.05) is 23.8 Å². The lowest BCUT2D eigenvalue weighted by molar-refractivity contribution is -0.120. The van der Waals surface area contributed by atoms with Crippen molar-refractivity contribution in [1.29, 1.82) is 0 Å². The number of hydrogen-bond donors (Lipinski definition) is 2. The van der Waals surface area contributed by atoms with E-state index in [0.717, 1.165) is 41.9 Å². The van der Waals surface area contributed by atoms with Gasteiger partial charge in [0.1, 0.15) is 5.84 Å². The zero-order chi connectivity index (χ0) is 24.1. The number of nitrogens with zero attached hydrogens (tertiary/aromatic N) is 3. The number of carbonyl (C=O) groups is 2. The van der Waals surface area contributed by atoms with Crippen molar-refractivity contribution >= 4 is 29.1 Å². The summed E-state index contributed by atoms with van der Waals surface area (Å²) >= 11 is 0. The minimum atomic E-state index is -1.01. The maximum atomic E-state index is 13.6. The molecule has 0 saturated heterocycles. The second-order valence-electron chi connectivity index (χ2n) is 9.23. The van der Waals surface area contributed by atoms with Crippen LogP contribution in [0.15, 0.2) is 53.5 Å². The number of nitrogens with one attached hydrogen (secondary N) is 2. The molecule has 0 aromatic heterocycles. The number of fused-ring (bicyclic) bond motifs is 1. The Balaban J connectivity index is 1.67. The number of amidine groups is 1. The van der Waals surface area contributed by atoms with E-state index >= 15 is 0 Å². The number of hydrogen-bond acceptors (Lipinski definition) is 4. The van der Waals surface area contributed by atoms with Crippen LogP contribution >= 0.6 is 0 Å². The van der Waals surface area contributed by atoms with E-state index in [1.165, 1.54) is 19.3 Å². The highest BCUT2D eigenvalue weighted by Gasteiger charge is 2.34. The van der Waals surface area contributed by atoms with Crippen molar-refractivity contribution in [2.45, 2.75) is 64.6 Å². The van der Waals surface area contributed by atoms with Crippen molar-refractivity contribution in [2.24, 2.45) is 4.99 Å². The zero-order valence-corrected chi connectivity index (χ0v) is 20.4. The number of urea groups is 1. The Morgan fingerprint density at radius 3 is 2.62 bits per heavy atom. The van der Waals surface area contributed by atoms with E-state index in [-0.39, 0.29) is 5.91 Å². The van der Waals surface area contributed by atoms with Crippen LogP contribution in [0.1, 0.15) is 56.6 Å². The average Bonchev–Trinajstić information content (AvgIpc) is 2.95. The van der Waals surface area contributed by atoms with Crippen LogP contribution in [0.25, 0.3) is 0 Å². The van der Waals surface area contributed by atoms with Gasteiger partial charge in [0.25, 0.3) is 5.91 Å². The first-order valence-electron chi connectivity index (χ1n) is 12.3. The number of carbonyl (C=O) groups excluding carboxylic acids is 2. The molecule has 7 nitrogen and oxygen atoms in total. The topological polar surface area (TPSA) is 77.0 Å². The number of rotatable bonds is 5. The number of anilines is 2. The molecular formula is C27H35N5O2. The van der Waals surface area contributed by atoms with E-state index < -0.39 is 12.2 Å². The van der Waals surface area contributed by atoms with Crippen molar-refractivity contribution in [1.82, 2.24) is 10.2 Å². The van der Waals surface area contributed by atoms with Gasteiger partial charge in [-0.05, 0) is 56.0 Å². The van der Waals surface area contributed by atoms with Crippen molar-refractivity contribution in [3.8, 4) is 0 Å². The summed E-state index contributed by atoms with van der Waals surface area (Å²) in [6.07, 6.45) is 5.67. The molecule has 0 radical (unpaired) electrons. The van der Waals surface area contributed by atoms with Crippen LogP contribution in [0.4, 0.5) is 16.2 Å². The Labute approximate surface area is 202 Å². The molecule has 1 heterocycles. The van der Waals surface area contributed by atoms with Gasteiger partial charge in [-0.1, -0.05) is 50.5 Å². The molecule has 2 aromatic rings. The third-order valence-corrected chi connectivity index (χ3v) is 6.63. The van der Waals surface area contributed by atoms with Crippen molar-refractivity contribution < 1.29 is 9.59 Å². The van der Waals surface area contributed by atoms with Gasteiger partial charge >= 0.3 is 6.03 Å². The van der Waals surface area contributed by atoms with Gasteiger partial charge in [-0.3, -0.25) is 4.79 Å². The van der Waals surface area contributed by atoms with Crippen LogP contribution in [0.3, 0.4) is 0 Å². The van der Waals surface area contributed by atoms with E-state index in [0.29, 0.717) is 18.3 Å². The zero-order valence-electron chi connectivity index (χ0n) is 20.4. The van der Waals surface area contributed by atoms with Gasteiger partial charge in [-0.15, -0.1) is 0 Å². The Kier molecular flexibility index (Phi) is 7.50. The number of benzodiazepines with no additional fused rings is 1. The molecule has 180 valence electrons. The Morgan fingerprint density at radius 2 is 1.88 bits per heavy atom. The number of amides is 3. The smallest absolute Gasteiger partial charge is 0.321 e. The van der Waals surface area contributed by atoms with Crippen molar-refractivity contribution in [3.05, 3.63) is 59.7 Å². The van der Waals surface area contributed by atoms with Crippen LogP contribution in [0.5, 0.6) is 0 Å². The van der Waals surface area contributed by atoms with Crippen LogP contribution in [0.2, 0.25) is 0 Å². The van der Waals surface area contributed by atoms with Gasteiger partial charge in [-0.2, -0.15) is 0 Å². The molecule has 34 heavy (non-hydrogen) atoms. The Morgan fingerprint density at radius 1 is 1.12 bits per heavy atom. The first kappa shape index (κ1) is 23.8. The maximum Gasteiger partial charge on any atom is 0.321 e. The molecule has 3 amide bonds. The van der Waals surface area contributed by atoms with Crippen LogP contribution in [-0.2, 0) is 4.79 Å². The van der Waals surface area contributed by atoms with Crippen LogP contribution < -0.4 is 15.5 Å². The van der Waals surface area contributed by atoms with Crippen LogP contribution in [0, 0.1) is 6.92 Å². The Bertz CT molecular complexity index is 1060. The lowest BCUT2D eigenvalue weighted by Crippen LogP contribution is -2.49. The standard InChI is InChI=1S/C27H35N5O2/c1-4-17-32-23-16-9-8-15-22(23)25(31(3)21-13-6-5-7-14-21)29-24(26(32)33)30-27(34)28-20-12-10-11-19(2)18-20/h8-12,15-16,18,21,24H,4-7,13-14,17H2,1-3H3,(H2,28,30,34)/t24-/m0/s1. The monoisotopic (exact) mass is 461 g/mol. The molecular weight excluding hydrogens is 426 g/mol. The fraction of sp³-hybridized carbons (Fsp3) is 0.444. The minimum Gasteiger partial charge on any atom is -0.356 e. The highest BCUT2D eigenvalue weighted by Crippen LogP contribution is 2.30. The average molecular weight is 462 g/mol. The lowest BCUT2D eigenvalue weighted by Gasteiger charge is -2.34. The van der Waals surface area contributed by atoms with Crippen molar-refractivity contribution in [3.63, 3.8) is 0 Å². The van der Waals surface area contributed by atoms with Gasteiger partial charge in [0.05, 0.1) is 5.69 Å². The first-order chi connectivity index (χ1) is 16.5. The SMILES string of the molecule is CCCN1C(=O)[C@H](NC(=O)Nc2cccc(C)c2)N=C(N(C)C2CCCCC2)c2ccccc21. The predicted molar refractivity (Wildman–Crippen MR) is 137 cm³/mol. The van der Waals surface area contributed by atoms with Gasteiger partial charge < -0.3 is 20.4 Å². The molecule has 4 rings (SSSR count). The summed E-state index contributed by atoms with van der Waals surface area (Å²) in [7, 11) is 2.06. The van der Waals surface area contributed by atoms with E-state index in [1.807, 2.05) is 62.4 Å². The van der Waals surface area contributed by atoms with E-state index in [1.54, 1.807) is 4.90 Å². The van der Waals surface area contributed by atoms with E-state index in [9.17, 15) is 9.59 Å². The normalized spacial score (nSPS) is 18.6. The van der Waals surface area contributed by atoms with Gasteiger partial charge in [0.15, 0.2) is 0 Å². The lowest BCUT2D eigenvalue weighted by atomic mass is 9.94. The second kappa shape index (κ2) is 10.7. The summed E-state index contributed by atoms with van der Waals surface area (Å²) in [5.41, 5.74) is 3.50. The maximum absolute atomic E-state index is 13.6. The van der Waals surface area contributed by atoms with E-state index in [2.05, 4.69) is 22.6 Å². The number of aryl methyl sites for hydroxylation is 1. The van der Waals surface area contributed by atoms with E-state index in [4.69, 9.17) is 4.99 Å². The molecule has 1 aliphatic heterocycles. The molecule has 0 unspecified atom stereocenters. The van der Waals surface area contributed by atoms with Gasteiger partial charge in [0.2, 0.25) is 6.17 Å². The third kappa shape index (κ3) is 5.24. The predicted octanol–water partition coefficient (Wildman–Crippen LogP) is 4.91. The third-order valence-electron chi connectivity index (χ3n) is 6.63. The second-order valence-corrected chi connectivity index (χ2v) is 9.23. The van der Waals surface area contributed by atoms with Gasteiger partial charge in [-0.25, -0.2) is 9.79 Å². The quantitative estimate of drug-likeness (QED) is 0.664. The molecule has 1 atom stereocenters. The summed E-state index contributed by atoms with van der Waals surface area (Å²) in [6, 6.07) is 15.4. The molecule has 1 aliphatic carbocycles. The molecule has 1 saturated carbocycles. The summed E-state index contributed by atoms with van der Waals surface area (Å²) < 4.78 is 0.